The van der Waals surface area contributed by atoms with Crippen LogP contribution in [0.25, 0.3) is 0 Å². The van der Waals surface area contributed by atoms with Gasteiger partial charge in [-0.2, -0.15) is 0 Å². The van der Waals surface area contributed by atoms with Gasteiger partial charge in [0.1, 0.15) is 5.82 Å². The molecule has 0 saturated heterocycles. The van der Waals surface area contributed by atoms with Gasteiger partial charge in [-0.3, -0.25) is 4.99 Å². The topological polar surface area (TPSA) is 76.4 Å². The average Bonchev–Trinajstić information content (AvgIpc) is 3.27. The van der Waals surface area contributed by atoms with Crippen LogP contribution in [0.4, 0.5) is 0 Å². The third kappa shape index (κ3) is 5.05. The molecule has 7 nitrogen and oxygen atoms in total. The van der Waals surface area contributed by atoms with Crippen molar-refractivity contribution in [1.29, 1.82) is 0 Å². The molecule has 0 amide bonds. The van der Waals surface area contributed by atoms with E-state index in [1.54, 1.807) is 7.05 Å². The normalized spacial score (nSPS) is 14.9. The predicted molar refractivity (Wildman–Crippen MR) is 102 cm³/mol. The number of ether oxygens (including phenoxy) is 1. The highest BCUT2D eigenvalue weighted by Crippen LogP contribution is 2.13. The highest BCUT2D eigenvalue weighted by atomic mass is 16.5. The summed E-state index contributed by atoms with van der Waals surface area (Å²) in [6, 6.07) is 10.2. The minimum atomic E-state index is 0.384. The first-order chi connectivity index (χ1) is 12.8. The van der Waals surface area contributed by atoms with Crippen molar-refractivity contribution in [2.24, 2.45) is 10.9 Å². The number of aromatic nitrogens is 3. The molecule has 0 saturated carbocycles. The molecule has 3 rings (SSSR count). The van der Waals surface area contributed by atoms with Gasteiger partial charge in [0.05, 0.1) is 19.8 Å². The van der Waals surface area contributed by atoms with E-state index < -0.39 is 0 Å². The predicted octanol–water partition coefficient (Wildman–Crippen LogP) is 1.74. The largest absolute Gasteiger partial charge is 0.376 e. The molecule has 26 heavy (non-hydrogen) atoms. The van der Waals surface area contributed by atoms with Crippen molar-refractivity contribution >= 4 is 5.96 Å². The van der Waals surface area contributed by atoms with E-state index in [1.807, 2.05) is 18.2 Å². The van der Waals surface area contributed by atoms with Gasteiger partial charge >= 0.3 is 0 Å². The molecule has 7 heteroatoms. The van der Waals surface area contributed by atoms with Crippen molar-refractivity contribution in [3.05, 3.63) is 47.5 Å². The minimum absolute atomic E-state index is 0.384. The number of nitrogens with zero attached hydrogens (tertiary/aromatic N) is 4. The van der Waals surface area contributed by atoms with E-state index in [2.05, 4.69) is 49.4 Å². The molecule has 2 heterocycles. The molecule has 0 fully saturated rings. The summed E-state index contributed by atoms with van der Waals surface area (Å²) in [6.07, 6.45) is 2.19. The van der Waals surface area contributed by atoms with Crippen LogP contribution < -0.4 is 10.6 Å². The van der Waals surface area contributed by atoms with E-state index in [9.17, 15) is 0 Å². The van der Waals surface area contributed by atoms with Gasteiger partial charge in [-0.15, -0.1) is 10.2 Å². The minimum Gasteiger partial charge on any atom is -0.376 e. The molecule has 0 spiro atoms. The SMILES string of the molecule is CN=C(NCc1nnc2n1CCC2)NCC(C)COCc1ccccc1. The fraction of sp³-hybridized carbons (Fsp3) is 0.526. The van der Waals surface area contributed by atoms with Crippen molar-refractivity contribution in [3.63, 3.8) is 0 Å². The number of nitrogens with one attached hydrogen (secondary N) is 2. The molecule has 2 aromatic rings. The molecule has 0 aliphatic carbocycles. The molecule has 1 aromatic heterocycles. The fourth-order valence-electron chi connectivity index (χ4n) is 3.01. The molecule has 0 bridgehead atoms. The van der Waals surface area contributed by atoms with Gasteiger partial charge in [0.15, 0.2) is 11.8 Å². The lowest BCUT2D eigenvalue weighted by Gasteiger charge is -2.16. The monoisotopic (exact) mass is 356 g/mol. The van der Waals surface area contributed by atoms with E-state index in [-0.39, 0.29) is 0 Å². The third-order valence-corrected chi connectivity index (χ3v) is 4.46. The van der Waals surface area contributed by atoms with Gasteiger partial charge in [0.25, 0.3) is 0 Å². The van der Waals surface area contributed by atoms with Crippen molar-refractivity contribution in [2.45, 2.75) is 39.5 Å². The fourth-order valence-corrected chi connectivity index (χ4v) is 3.01. The summed E-state index contributed by atoms with van der Waals surface area (Å²) in [7, 11) is 1.78. The van der Waals surface area contributed by atoms with E-state index in [4.69, 9.17) is 4.74 Å². The summed E-state index contributed by atoms with van der Waals surface area (Å²) >= 11 is 0. The first kappa shape index (κ1) is 18.4. The Balaban J connectivity index is 1.35. The van der Waals surface area contributed by atoms with Crippen LogP contribution in [0.1, 0.15) is 30.6 Å². The molecule has 1 aromatic carbocycles. The molecular weight excluding hydrogens is 328 g/mol. The zero-order valence-electron chi connectivity index (χ0n) is 15.6. The number of fused-ring (bicyclic) bond motifs is 1. The van der Waals surface area contributed by atoms with Gasteiger partial charge in [-0.05, 0) is 17.9 Å². The van der Waals surface area contributed by atoms with E-state index in [0.29, 0.717) is 25.7 Å². The molecule has 1 aliphatic heterocycles. The molecule has 1 unspecified atom stereocenters. The lowest BCUT2D eigenvalue weighted by Crippen LogP contribution is -2.40. The number of guanidine groups is 1. The zero-order chi connectivity index (χ0) is 18.2. The number of hydrogen-bond acceptors (Lipinski definition) is 4. The van der Waals surface area contributed by atoms with E-state index >= 15 is 0 Å². The quantitative estimate of drug-likeness (QED) is 0.557. The standard InChI is InChI=1S/C19H28N6O/c1-15(13-26-14-16-7-4-3-5-8-16)11-21-19(20-2)22-12-18-24-23-17-9-6-10-25(17)18/h3-5,7-8,15H,6,9-14H2,1-2H3,(H2,20,21,22). The number of benzene rings is 1. The van der Waals surface area contributed by atoms with Crippen LogP contribution in [0.3, 0.4) is 0 Å². The molecule has 140 valence electrons. The van der Waals surface area contributed by atoms with E-state index in [0.717, 1.165) is 43.5 Å². The van der Waals surface area contributed by atoms with E-state index in [1.165, 1.54) is 5.56 Å². The summed E-state index contributed by atoms with van der Waals surface area (Å²) in [5, 5.41) is 15.1. The molecule has 1 atom stereocenters. The molecule has 2 N–H and O–H groups in total. The first-order valence-corrected chi connectivity index (χ1v) is 9.23. The van der Waals surface area contributed by atoms with Gasteiger partial charge in [0.2, 0.25) is 0 Å². The summed E-state index contributed by atoms with van der Waals surface area (Å²) in [6.45, 7) is 5.96. The number of hydrogen-bond donors (Lipinski definition) is 2. The van der Waals surface area contributed by atoms with Gasteiger partial charge < -0.3 is 19.9 Å². The average molecular weight is 356 g/mol. The summed E-state index contributed by atoms with van der Waals surface area (Å²) in [4.78, 5) is 4.28. The Kier molecular flexibility index (Phi) is 6.60. The molecule has 1 aliphatic rings. The lowest BCUT2D eigenvalue weighted by atomic mass is 10.2. The van der Waals surface area contributed by atoms with Gasteiger partial charge in [-0.1, -0.05) is 37.3 Å². The van der Waals surface area contributed by atoms with Crippen molar-refractivity contribution in [2.75, 3.05) is 20.2 Å². The Morgan fingerprint density at radius 1 is 1.27 bits per heavy atom. The second-order valence-corrected chi connectivity index (χ2v) is 6.70. The van der Waals surface area contributed by atoms with Crippen LogP contribution in [0.5, 0.6) is 0 Å². The second kappa shape index (κ2) is 9.33. The smallest absolute Gasteiger partial charge is 0.191 e. The maximum atomic E-state index is 5.79. The maximum absolute atomic E-state index is 5.79. The second-order valence-electron chi connectivity index (χ2n) is 6.70. The number of aliphatic imine (C=N–C) groups is 1. The Morgan fingerprint density at radius 2 is 2.12 bits per heavy atom. The Hall–Kier alpha value is -2.41. The highest BCUT2D eigenvalue weighted by Gasteiger charge is 2.17. The van der Waals surface area contributed by atoms with Crippen LogP contribution in [0.2, 0.25) is 0 Å². The maximum Gasteiger partial charge on any atom is 0.191 e. The third-order valence-electron chi connectivity index (χ3n) is 4.46. The Bertz CT molecular complexity index is 712. The number of aryl methyl sites for hydroxylation is 1. The molecular formula is C19H28N6O. The zero-order valence-corrected chi connectivity index (χ0v) is 15.6. The lowest BCUT2D eigenvalue weighted by molar-refractivity contribution is 0.0931. The van der Waals surface area contributed by atoms with Crippen LogP contribution in [-0.4, -0.2) is 40.9 Å². The first-order valence-electron chi connectivity index (χ1n) is 9.23. The van der Waals surface area contributed by atoms with Gasteiger partial charge in [-0.25, -0.2) is 0 Å². The van der Waals surface area contributed by atoms with Gasteiger partial charge in [0, 0.05) is 26.6 Å². The highest BCUT2D eigenvalue weighted by molar-refractivity contribution is 5.79. The Morgan fingerprint density at radius 3 is 2.92 bits per heavy atom. The summed E-state index contributed by atoms with van der Waals surface area (Å²) in [5.41, 5.74) is 1.20. The van der Waals surface area contributed by atoms with Crippen molar-refractivity contribution in [1.82, 2.24) is 25.4 Å². The van der Waals surface area contributed by atoms with Crippen LogP contribution in [0.15, 0.2) is 35.3 Å². The summed E-state index contributed by atoms with van der Waals surface area (Å²) < 4.78 is 7.99. The number of rotatable bonds is 8. The summed E-state index contributed by atoms with van der Waals surface area (Å²) in [5.74, 6) is 3.22. The van der Waals surface area contributed by atoms with Crippen LogP contribution in [-0.2, 0) is 30.9 Å². The van der Waals surface area contributed by atoms with Crippen LogP contribution in [0, 0.1) is 5.92 Å². The molecule has 0 radical (unpaired) electrons. The van der Waals surface area contributed by atoms with Crippen molar-refractivity contribution in [3.8, 4) is 0 Å². The Labute approximate surface area is 154 Å². The van der Waals surface area contributed by atoms with Crippen LogP contribution >= 0.6 is 0 Å². The van der Waals surface area contributed by atoms with Crippen molar-refractivity contribution < 1.29 is 4.74 Å².